The Morgan fingerprint density at radius 3 is 1.33 bits per heavy atom. The number of hydrogen-bond donors (Lipinski definition) is 0. The number of rotatable bonds is 4. The van der Waals surface area contributed by atoms with Crippen LogP contribution in [0, 0.1) is 0 Å². The minimum absolute atomic E-state index is 0.0265. The Morgan fingerprint density at radius 1 is 0.354 bits per heavy atom. The molecule has 48 heavy (non-hydrogen) atoms. The predicted octanol–water partition coefficient (Wildman–Crippen LogP) is 9.86. The molecule has 10 rings (SSSR count). The standard InChI is InChI=1S/C44H28BNO2/c1-3-13-33(14-4-1)46(34-15-5-2-6-16-34)35-23-19-29(20-24-35)32-27-40-44-41(28-32)48-39-26-22-31-12-8-10-18-37(31)43(39)45(44)42-36-17-9-7-11-30(36)21-25-38(42)47-40/h1-28H. The van der Waals surface area contributed by atoms with E-state index >= 15 is 0 Å². The molecule has 8 aromatic carbocycles. The Hall–Kier alpha value is -6.26. The zero-order chi connectivity index (χ0) is 31.6. The number of hydrogen-bond acceptors (Lipinski definition) is 3. The fourth-order valence-electron chi connectivity index (χ4n) is 7.62. The number of benzene rings is 8. The van der Waals surface area contributed by atoms with E-state index in [2.05, 4.69) is 175 Å². The largest absolute Gasteiger partial charge is 0.458 e. The molecule has 2 aliphatic rings. The molecule has 224 valence electrons. The van der Waals surface area contributed by atoms with Gasteiger partial charge in [0.05, 0.1) is 0 Å². The number of para-hydroxylation sites is 2. The van der Waals surface area contributed by atoms with Crippen molar-refractivity contribution in [2.24, 2.45) is 0 Å². The van der Waals surface area contributed by atoms with Crippen molar-refractivity contribution in [2.75, 3.05) is 4.90 Å². The highest BCUT2D eigenvalue weighted by Crippen LogP contribution is 2.41. The summed E-state index contributed by atoms with van der Waals surface area (Å²) in [6.07, 6.45) is 0. The van der Waals surface area contributed by atoms with Gasteiger partial charge in [0.25, 0.3) is 6.71 Å². The van der Waals surface area contributed by atoms with Crippen molar-refractivity contribution in [3.8, 4) is 34.1 Å². The van der Waals surface area contributed by atoms with Crippen molar-refractivity contribution in [3.63, 3.8) is 0 Å². The molecule has 0 spiro atoms. The minimum Gasteiger partial charge on any atom is -0.458 e. The summed E-state index contributed by atoms with van der Waals surface area (Å²) in [5, 5.41) is 4.82. The van der Waals surface area contributed by atoms with Crippen LogP contribution >= 0.6 is 0 Å². The Labute approximate surface area is 279 Å². The molecule has 3 nitrogen and oxygen atoms in total. The molecular formula is C44H28BNO2. The zero-order valence-electron chi connectivity index (χ0n) is 26.0. The molecule has 0 atom stereocenters. The fraction of sp³-hybridized carbons (Fsp3) is 0. The average Bonchev–Trinajstić information content (AvgIpc) is 3.15. The van der Waals surface area contributed by atoms with Crippen LogP contribution in [-0.2, 0) is 0 Å². The summed E-state index contributed by atoms with van der Waals surface area (Å²) >= 11 is 0. The van der Waals surface area contributed by atoms with E-state index < -0.39 is 0 Å². The summed E-state index contributed by atoms with van der Waals surface area (Å²) in [5.74, 6) is 3.47. The summed E-state index contributed by atoms with van der Waals surface area (Å²) in [5.41, 5.74) is 8.93. The number of ether oxygens (including phenoxy) is 2. The van der Waals surface area contributed by atoms with Crippen molar-refractivity contribution in [2.45, 2.75) is 0 Å². The zero-order valence-corrected chi connectivity index (χ0v) is 26.0. The molecule has 0 saturated carbocycles. The van der Waals surface area contributed by atoms with Crippen LogP contribution < -0.4 is 30.8 Å². The van der Waals surface area contributed by atoms with E-state index in [9.17, 15) is 0 Å². The van der Waals surface area contributed by atoms with Crippen LogP contribution in [-0.4, -0.2) is 6.71 Å². The third-order valence-corrected chi connectivity index (χ3v) is 9.76. The van der Waals surface area contributed by atoms with E-state index in [0.29, 0.717) is 0 Å². The topological polar surface area (TPSA) is 21.7 Å². The molecule has 4 heteroatoms. The fourth-order valence-corrected chi connectivity index (χ4v) is 7.62. The van der Waals surface area contributed by atoms with Crippen LogP contribution in [0.5, 0.6) is 23.0 Å². The second-order valence-electron chi connectivity index (χ2n) is 12.5. The highest BCUT2D eigenvalue weighted by molar-refractivity contribution is 7.00. The van der Waals surface area contributed by atoms with Crippen LogP contribution in [0.15, 0.2) is 170 Å². The first-order chi connectivity index (χ1) is 23.8. The van der Waals surface area contributed by atoms with Crippen molar-refractivity contribution in [1.82, 2.24) is 0 Å². The van der Waals surface area contributed by atoms with E-state index in [4.69, 9.17) is 9.47 Å². The van der Waals surface area contributed by atoms with Gasteiger partial charge in [0.15, 0.2) is 0 Å². The Balaban J connectivity index is 1.13. The maximum atomic E-state index is 6.81. The molecule has 0 N–H and O–H groups in total. The van der Waals surface area contributed by atoms with Crippen LogP contribution in [0.4, 0.5) is 17.1 Å². The van der Waals surface area contributed by atoms with Crippen molar-refractivity contribution in [1.29, 1.82) is 0 Å². The number of anilines is 3. The van der Waals surface area contributed by atoms with Crippen molar-refractivity contribution < 1.29 is 9.47 Å². The van der Waals surface area contributed by atoms with E-state index in [1.807, 2.05) is 0 Å². The lowest BCUT2D eigenvalue weighted by molar-refractivity contribution is 0.465. The second kappa shape index (κ2) is 10.6. The molecule has 2 heterocycles. The van der Waals surface area contributed by atoms with Crippen molar-refractivity contribution >= 4 is 61.7 Å². The number of nitrogens with zero attached hydrogens (tertiary/aromatic N) is 1. The first-order valence-electron chi connectivity index (χ1n) is 16.4. The molecule has 8 aromatic rings. The molecule has 0 radical (unpaired) electrons. The van der Waals surface area contributed by atoms with Crippen LogP contribution in [0.2, 0.25) is 0 Å². The Bertz CT molecular complexity index is 2360. The van der Waals surface area contributed by atoms with Gasteiger partial charge in [-0.2, -0.15) is 0 Å². The van der Waals surface area contributed by atoms with E-state index in [1.165, 1.54) is 32.5 Å². The maximum absolute atomic E-state index is 6.81. The van der Waals surface area contributed by atoms with Gasteiger partial charge >= 0.3 is 0 Å². The van der Waals surface area contributed by atoms with Crippen LogP contribution in [0.1, 0.15) is 0 Å². The Kier molecular flexibility index (Phi) is 5.97. The van der Waals surface area contributed by atoms with Gasteiger partial charge in [0, 0.05) is 22.5 Å². The second-order valence-corrected chi connectivity index (χ2v) is 12.5. The quantitative estimate of drug-likeness (QED) is 0.185. The SMILES string of the molecule is c1ccc(N(c2ccccc2)c2ccc(-c3cc4c5c(c3)Oc3ccc6ccccc6c3B5c3c(ccc5ccccc35)O4)cc2)cc1. The molecule has 0 bridgehead atoms. The van der Waals surface area contributed by atoms with Crippen molar-refractivity contribution in [3.05, 3.63) is 170 Å². The third kappa shape index (κ3) is 4.16. The lowest BCUT2D eigenvalue weighted by Gasteiger charge is -2.34. The molecule has 0 fully saturated rings. The summed E-state index contributed by atoms with van der Waals surface area (Å²) in [6.45, 7) is -0.0265. The lowest BCUT2D eigenvalue weighted by atomic mass is 9.33. The highest BCUT2D eigenvalue weighted by Gasteiger charge is 2.42. The van der Waals surface area contributed by atoms with Gasteiger partial charge in [0.1, 0.15) is 23.0 Å². The summed E-state index contributed by atoms with van der Waals surface area (Å²) in [7, 11) is 0. The average molecular weight is 614 g/mol. The molecule has 0 aromatic heterocycles. The molecule has 0 unspecified atom stereocenters. The van der Waals surface area contributed by atoms with E-state index in [-0.39, 0.29) is 6.71 Å². The van der Waals surface area contributed by atoms with Gasteiger partial charge < -0.3 is 14.4 Å². The van der Waals surface area contributed by atoms with Gasteiger partial charge in [-0.15, -0.1) is 0 Å². The first kappa shape index (κ1) is 26.9. The molecule has 0 saturated heterocycles. The summed E-state index contributed by atoms with van der Waals surface area (Å²) in [4.78, 5) is 2.28. The molecular weight excluding hydrogens is 585 g/mol. The maximum Gasteiger partial charge on any atom is 0.262 e. The van der Waals surface area contributed by atoms with Gasteiger partial charge in [-0.3, -0.25) is 0 Å². The van der Waals surface area contributed by atoms with Crippen LogP contribution in [0.3, 0.4) is 0 Å². The summed E-state index contributed by atoms with van der Waals surface area (Å²) < 4.78 is 13.6. The normalized spacial score (nSPS) is 12.5. The van der Waals surface area contributed by atoms with E-state index in [0.717, 1.165) is 56.6 Å². The first-order valence-corrected chi connectivity index (χ1v) is 16.4. The van der Waals surface area contributed by atoms with Crippen LogP contribution in [0.25, 0.3) is 32.7 Å². The van der Waals surface area contributed by atoms with Gasteiger partial charge in [-0.1, -0.05) is 109 Å². The molecule has 0 amide bonds. The third-order valence-electron chi connectivity index (χ3n) is 9.76. The lowest BCUT2D eigenvalue weighted by Crippen LogP contribution is -2.57. The highest BCUT2D eigenvalue weighted by atomic mass is 16.5. The Morgan fingerprint density at radius 2 is 0.812 bits per heavy atom. The summed E-state index contributed by atoms with van der Waals surface area (Å²) in [6, 6.07) is 59.9. The van der Waals surface area contributed by atoms with Gasteiger partial charge in [-0.25, -0.2) is 0 Å². The van der Waals surface area contributed by atoms with E-state index in [1.54, 1.807) is 0 Å². The molecule has 2 aliphatic heterocycles. The predicted molar refractivity (Wildman–Crippen MR) is 199 cm³/mol. The number of fused-ring (bicyclic) bond motifs is 8. The monoisotopic (exact) mass is 613 g/mol. The smallest absolute Gasteiger partial charge is 0.262 e. The minimum atomic E-state index is -0.0265. The molecule has 0 aliphatic carbocycles. The van der Waals surface area contributed by atoms with Gasteiger partial charge in [0.2, 0.25) is 0 Å². The van der Waals surface area contributed by atoms with Gasteiger partial charge in [-0.05, 0) is 104 Å².